The summed E-state index contributed by atoms with van der Waals surface area (Å²) >= 11 is 0. The maximum absolute atomic E-state index is 13.3. The number of nitrogens with two attached hydrogens (primary N) is 2. The molecule has 4 unspecified atom stereocenters. The predicted octanol–water partition coefficient (Wildman–Crippen LogP) is 1.32. The van der Waals surface area contributed by atoms with E-state index in [1.165, 1.54) is 0 Å². The van der Waals surface area contributed by atoms with Crippen LogP contribution in [0.2, 0.25) is 0 Å². The van der Waals surface area contributed by atoms with Gasteiger partial charge >= 0.3 is 5.97 Å². The van der Waals surface area contributed by atoms with Gasteiger partial charge in [-0.1, -0.05) is 58.0 Å². The average molecular weight is 520 g/mol. The number of carbonyl (C=O) groups is 4. The zero-order valence-electron chi connectivity index (χ0n) is 22.5. The molecule has 8 N–H and O–H groups in total. The Morgan fingerprint density at radius 1 is 0.784 bits per heavy atom. The van der Waals surface area contributed by atoms with Crippen molar-refractivity contribution >= 4 is 23.7 Å². The van der Waals surface area contributed by atoms with Gasteiger partial charge in [0.25, 0.3) is 0 Å². The van der Waals surface area contributed by atoms with Gasteiger partial charge in [0, 0.05) is 0 Å². The second-order valence-corrected chi connectivity index (χ2v) is 10.4. The number of hydrogen-bond acceptors (Lipinski definition) is 6. The summed E-state index contributed by atoms with van der Waals surface area (Å²) in [4.78, 5) is 50.7. The predicted molar refractivity (Wildman–Crippen MR) is 143 cm³/mol. The molecule has 4 atom stereocenters. The van der Waals surface area contributed by atoms with Crippen LogP contribution < -0.4 is 27.4 Å². The zero-order chi connectivity index (χ0) is 28.0. The molecule has 3 amide bonds. The molecule has 10 heteroatoms. The standard InChI is InChI=1S/C27H45N5O5/c1-17(2)14-22(31-24(33)20(29)16-19-10-6-5-7-11-19)26(35)30-21(12-8-9-13-28)25(34)32-23(27(36)37)15-18(3)4/h5-7,10-11,17-18,20-23H,8-9,12-16,28-29H2,1-4H3,(H,30,35)(H,31,33)(H,32,34)(H,36,37). The molecule has 1 aromatic carbocycles. The highest BCUT2D eigenvalue weighted by molar-refractivity contribution is 5.94. The van der Waals surface area contributed by atoms with Crippen LogP contribution >= 0.6 is 0 Å². The maximum atomic E-state index is 13.3. The summed E-state index contributed by atoms with van der Waals surface area (Å²) in [6.07, 6.45) is 2.43. The Morgan fingerprint density at radius 2 is 1.30 bits per heavy atom. The van der Waals surface area contributed by atoms with E-state index in [4.69, 9.17) is 11.5 Å². The van der Waals surface area contributed by atoms with Gasteiger partial charge < -0.3 is 32.5 Å². The van der Waals surface area contributed by atoms with Gasteiger partial charge in [0.2, 0.25) is 17.7 Å². The van der Waals surface area contributed by atoms with Crippen LogP contribution in [0.4, 0.5) is 0 Å². The van der Waals surface area contributed by atoms with Crippen LogP contribution in [0.15, 0.2) is 30.3 Å². The smallest absolute Gasteiger partial charge is 0.326 e. The summed E-state index contributed by atoms with van der Waals surface area (Å²) in [7, 11) is 0. The van der Waals surface area contributed by atoms with Gasteiger partial charge in [0.1, 0.15) is 18.1 Å². The van der Waals surface area contributed by atoms with Crippen molar-refractivity contribution in [3.8, 4) is 0 Å². The summed E-state index contributed by atoms with van der Waals surface area (Å²) in [6, 6.07) is 5.58. The van der Waals surface area contributed by atoms with Crippen LogP contribution in [0.1, 0.15) is 65.4 Å². The molecule has 208 valence electrons. The maximum Gasteiger partial charge on any atom is 0.326 e. The minimum atomic E-state index is -1.13. The Balaban J connectivity index is 2.96. The molecule has 0 aliphatic heterocycles. The lowest BCUT2D eigenvalue weighted by Crippen LogP contribution is -2.57. The van der Waals surface area contributed by atoms with Crippen molar-refractivity contribution in [3.63, 3.8) is 0 Å². The van der Waals surface area contributed by atoms with Crippen molar-refractivity contribution in [2.45, 2.75) is 90.4 Å². The van der Waals surface area contributed by atoms with Crippen LogP contribution in [-0.4, -0.2) is 59.5 Å². The zero-order valence-corrected chi connectivity index (χ0v) is 22.5. The molecule has 0 aliphatic rings. The minimum Gasteiger partial charge on any atom is -0.480 e. The van der Waals surface area contributed by atoms with E-state index < -0.39 is 47.9 Å². The molecule has 0 heterocycles. The Bertz CT molecular complexity index is 862. The van der Waals surface area contributed by atoms with Gasteiger partial charge in [-0.05, 0) is 62.5 Å². The summed E-state index contributed by atoms with van der Waals surface area (Å²) in [5.41, 5.74) is 12.6. The number of carboxylic acids is 1. The van der Waals surface area contributed by atoms with Gasteiger partial charge in [-0.2, -0.15) is 0 Å². The molecule has 0 bridgehead atoms. The van der Waals surface area contributed by atoms with Crippen LogP contribution in [0, 0.1) is 11.8 Å². The van der Waals surface area contributed by atoms with Crippen molar-refractivity contribution in [2.24, 2.45) is 23.3 Å². The molecular formula is C27H45N5O5. The summed E-state index contributed by atoms with van der Waals surface area (Å²) in [5.74, 6) is -2.56. The van der Waals surface area contributed by atoms with E-state index >= 15 is 0 Å². The Morgan fingerprint density at radius 3 is 1.84 bits per heavy atom. The van der Waals surface area contributed by atoms with E-state index in [-0.39, 0.29) is 18.3 Å². The quantitative estimate of drug-likeness (QED) is 0.168. The molecule has 0 aromatic heterocycles. The first-order valence-electron chi connectivity index (χ1n) is 13.1. The lowest BCUT2D eigenvalue weighted by Gasteiger charge is -2.26. The molecular weight excluding hydrogens is 474 g/mol. The number of benzene rings is 1. The molecule has 1 aromatic rings. The summed E-state index contributed by atoms with van der Waals surface area (Å²) < 4.78 is 0. The minimum absolute atomic E-state index is 0.0532. The van der Waals surface area contributed by atoms with Crippen molar-refractivity contribution in [3.05, 3.63) is 35.9 Å². The topological polar surface area (TPSA) is 177 Å². The number of carboxylic acid groups (broad SMARTS) is 1. The Kier molecular flexibility index (Phi) is 14.5. The van der Waals surface area contributed by atoms with Gasteiger partial charge in [0.05, 0.1) is 6.04 Å². The van der Waals surface area contributed by atoms with Crippen molar-refractivity contribution in [1.82, 2.24) is 16.0 Å². The fourth-order valence-electron chi connectivity index (χ4n) is 3.94. The molecule has 0 spiro atoms. The number of aliphatic carboxylic acids is 1. The molecule has 0 aliphatic carbocycles. The number of carbonyl (C=O) groups excluding carboxylic acids is 3. The lowest BCUT2D eigenvalue weighted by molar-refractivity contribution is -0.142. The van der Waals surface area contributed by atoms with Gasteiger partial charge in [-0.25, -0.2) is 4.79 Å². The number of unbranched alkanes of at least 4 members (excludes halogenated alkanes) is 1. The number of nitrogens with one attached hydrogen (secondary N) is 3. The molecule has 0 saturated heterocycles. The molecule has 37 heavy (non-hydrogen) atoms. The SMILES string of the molecule is CC(C)CC(NC(=O)C(CCCCN)NC(=O)C(CC(C)C)NC(=O)C(N)Cc1ccccc1)C(=O)O. The largest absolute Gasteiger partial charge is 0.480 e. The third kappa shape index (κ3) is 12.7. The molecule has 0 fully saturated rings. The first kappa shape index (κ1) is 32.0. The van der Waals surface area contributed by atoms with Gasteiger partial charge in [-0.3, -0.25) is 14.4 Å². The monoisotopic (exact) mass is 519 g/mol. The molecule has 1 rings (SSSR count). The van der Waals surface area contributed by atoms with E-state index in [1.807, 2.05) is 58.0 Å². The normalized spacial score (nSPS) is 14.5. The molecule has 10 nitrogen and oxygen atoms in total. The van der Waals surface area contributed by atoms with E-state index in [1.54, 1.807) is 0 Å². The number of amides is 3. The van der Waals surface area contributed by atoms with Crippen LogP contribution in [0.5, 0.6) is 0 Å². The highest BCUT2D eigenvalue weighted by Gasteiger charge is 2.30. The second kappa shape index (κ2) is 16.7. The van der Waals surface area contributed by atoms with E-state index in [2.05, 4.69) is 16.0 Å². The fraction of sp³-hybridized carbons (Fsp3) is 0.630. The number of hydrogen-bond donors (Lipinski definition) is 6. The third-order valence-corrected chi connectivity index (χ3v) is 5.88. The van der Waals surface area contributed by atoms with Crippen molar-refractivity contribution in [1.29, 1.82) is 0 Å². The van der Waals surface area contributed by atoms with Crippen LogP contribution in [0.25, 0.3) is 0 Å². The van der Waals surface area contributed by atoms with Crippen LogP contribution in [0.3, 0.4) is 0 Å². The highest BCUT2D eigenvalue weighted by Crippen LogP contribution is 2.10. The first-order valence-corrected chi connectivity index (χ1v) is 13.1. The van der Waals surface area contributed by atoms with E-state index in [9.17, 15) is 24.3 Å². The lowest BCUT2D eigenvalue weighted by atomic mass is 10.00. The van der Waals surface area contributed by atoms with Crippen molar-refractivity contribution in [2.75, 3.05) is 6.54 Å². The Labute approximate surface area is 220 Å². The van der Waals surface area contributed by atoms with Crippen molar-refractivity contribution < 1.29 is 24.3 Å². The van der Waals surface area contributed by atoms with E-state index in [0.29, 0.717) is 38.6 Å². The van der Waals surface area contributed by atoms with Gasteiger partial charge in [-0.15, -0.1) is 0 Å². The average Bonchev–Trinajstić information content (AvgIpc) is 2.82. The summed E-state index contributed by atoms with van der Waals surface area (Å²) in [6.45, 7) is 8.00. The third-order valence-electron chi connectivity index (χ3n) is 5.88. The molecule has 0 saturated carbocycles. The van der Waals surface area contributed by atoms with E-state index in [0.717, 1.165) is 5.56 Å². The van der Waals surface area contributed by atoms with Gasteiger partial charge in [0.15, 0.2) is 0 Å². The second-order valence-electron chi connectivity index (χ2n) is 10.4. The highest BCUT2D eigenvalue weighted by atomic mass is 16.4. The van der Waals surface area contributed by atoms with Crippen LogP contribution in [-0.2, 0) is 25.6 Å². The molecule has 0 radical (unpaired) electrons. The first-order chi connectivity index (χ1) is 17.4. The number of rotatable bonds is 17. The fourth-order valence-corrected chi connectivity index (χ4v) is 3.94. The Hall–Kier alpha value is -2.98. The summed E-state index contributed by atoms with van der Waals surface area (Å²) in [5, 5.41) is 17.5.